The fourth-order valence-corrected chi connectivity index (χ4v) is 1.45. The van der Waals surface area contributed by atoms with Crippen molar-refractivity contribution in [3.8, 4) is 0 Å². The van der Waals surface area contributed by atoms with Crippen molar-refractivity contribution in [1.82, 2.24) is 9.97 Å². The third-order valence-electron chi connectivity index (χ3n) is 1.51. The van der Waals surface area contributed by atoms with Gasteiger partial charge in [-0.15, -0.1) is 0 Å². The van der Waals surface area contributed by atoms with Crippen LogP contribution < -0.4 is 5.73 Å². The molecule has 2 rings (SSSR count). The van der Waals surface area contributed by atoms with Crippen molar-refractivity contribution >= 4 is 39.3 Å². The third kappa shape index (κ3) is 1.07. The maximum Gasteiger partial charge on any atom is 0.111 e. The summed E-state index contributed by atoms with van der Waals surface area (Å²) in [5.41, 5.74) is 8.18. The Morgan fingerprint density at radius 2 is 2.36 bits per heavy atom. The number of nitrogen functional groups attached to an aromatic ring is 1. The molecular weight excluding hydrogens is 253 g/mol. The second-order valence-corrected chi connectivity index (χ2v) is 3.54. The van der Waals surface area contributed by atoms with Gasteiger partial charge in [0, 0.05) is 16.0 Å². The molecule has 0 aliphatic heterocycles. The van der Waals surface area contributed by atoms with Crippen LogP contribution in [0, 0.1) is 3.57 Å². The van der Waals surface area contributed by atoms with Gasteiger partial charge in [0.2, 0.25) is 0 Å². The Bertz CT molecular complexity index is 393. The van der Waals surface area contributed by atoms with Crippen molar-refractivity contribution in [2.24, 2.45) is 0 Å². The van der Waals surface area contributed by atoms with Crippen molar-refractivity contribution in [2.45, 2.75) is 0 Å². The van der Waals surface area contributed by atoms with E-state index in [2.05, 4.69) is 32.6 Å². The van der Waals surface area contributed by atoms with Crippen molar-refractivity contribution in [2.75, 3.05) is 5.73 Å². The molecule has 56 valence electrons. The molecule has 4 heteroatoms. The van der Waals surface area contributed by atoms with Gasteiger partial charge in [0.1, 0.15) is 5.52 Å². The maximum absolute atomic E-state index is 5.63. The Morgan fingerprint density at radius 1 is 1.55 bits per heavy atom. The largest absolute Gasteiger partial charge is 0.396 e. The average molecular weight is 259 g/mol. The molecule has 2 heterocycles. The predicted octanol–water partition coefficient (Wildman–Crippen LogP) is 1.75. The second-order valence-electron chi connectivity index (χ2n) is 2.29. The Morgan fingerprint density at radius 3 is 3.18 bits per heavy atom. The monoisotopic (exact) mass is 259 g/mol. The highest BCUT2D eigenvalue weighted by molar-refractivity contribution is 14.1. The molecule has 0 saturated carbocycles. The first kappa shape index (κ1) is 6.90. The third-order valence-corrected chi connectivity index (χ3v) is 2.10. The van der Waals surface area contributed by atoms with E-state index in [1.54, 1.807) is 12.4 Å². The average Bonchev–Trinajstić information content (AvgIpc) is 2.32. The zero-order valence-corrected chi connectivity index (χ0v) is 7.79. The van der Waals surface area contributed by atoms with Gasteiger partial charge in [0.05, 0.1) is 11.2 Å². The molecule has 11 heavy (non-hydrogen) atoms. The summed E-state index contributed by atoms with van der Waals surface area (Å²) in [5.74, 6) is 0. The number of aromatic amines is 1. The minimum atomic E-state index is 0.705. The first-order chi connectivity index (χ1) is 5.27. The fraction of sp³-hybridized carbons (Fsp3) is 0. The first-order valence-electron chi connectivity index (χ1n) is 3.15. The molecule has 2 aromatic rings. The van der Waals surface area contributed by atoms with Crippen LogP contribution in [-0.2, 0) is 0 Å². The molecule has 0 aliphatic rings. The molecule has 0 saturated heterocycles. The van der Waals surface area contributed by atoms with E-state index >= 15 is 0 Å². The van der Waals surface area contributed by atoms with E-state index in [0.29, 0.717) is 5.69 Å². The van der Waals surface area contributed by atoms with E-state index in [0.717, 1.165) is 14.6 Å². The highest BCUT2D eigenvalue weighted by Gasteiger charge is 2.00. The topological polar surface area (TPSA) is 54.7 Å². The summed E-state index contributed by atoms with van der Waals surface area (Å²) < 4.78 is 1.11. The highest BCUT2D eigenvalue weighted by atomic mass is 127. The zero-order chi connectivity index (χ0) is 7.84. The van der Waals surface area contributed by atoms with Gasteiger partial charge in [0.15, 0.2) is 0 Å². The number of hydrogen-bond acceptors (Lipinski definition) is 2. The van der Waals surface area contributed by atoms with E-state index in [9.17, 15) is 0 Å². The van der Waals surface area contributed by atoms with Crippen molar-refractivity contribution in [3.63, 3.8) is 0 Å². The van der Waals surface area contributed by atoms with Crippen molar-refractivity contribution in [1.29, 1.82) is 0 Å². The van der Waals surface area contributed by atoms with Crippen molar-refractivity contribution < 1.29 is 0 Å². The summed E-state index contributed by atoms with van der Waals surface area (Å²) in [6, 6.07) is 2.01. The van der Waals surface area contributed by atoms with Gasteiger partial charge >= 0.3 is 0 Å². The number of aromatic nitrogens is 2. The SMILES string of the molecule is Nc1c[nH]c2cc(I)cnc12. The molecular formula is C7H6IN3. The lowest BCUT2D eigenvalue weighted by molar-refractivity contribution is 1.38. The number of rotatable bonds is 0. The molecule has 0 bridgehead atoms. The quantitative estimate of drug-likeness (QED) is 0.708. The summed E-state index contributed by atoms with van der Waals surface area (Å²) in [5, 5.41) is 0. The predicted molar refractivity (Wildman–Crippen MR) is 53.2 cm³/mol. The Balaban J connectivity index is 2.86. The van der Waals surface area contributed by atoms with Crippen LogP contribution in [0.4, 0.5) is 5.69 Å². The molecule has 2 aromatic heterocycles. The number of H-pyrrole nitrogens is 1. The first-order valence-corrected chi connectivity index (χ1v) is 4.23. The van der Waals surface area contributed by atoms with E-state index in [4.69, 9.17) is 5.73 Å². The molecule has 0 aliphatic carbocycles. The Labute approximate surface area is 77.1 Å². The standard InChI is InChI=1S/C7H6IN3/c8-4-1-6-7(11-2-4)5(9)3-10-6/h1-3,10H,9H2. The van der Waals surface area contributed by atoms with Gasteiger partial charge in [-0.2, -0.15) is 0 Å². The molecule has 0 amide bonds. The van der Waals surface area contributed by atoms with Crippen LogP contribution in [0.1, 0.15) is 0 Å². The number of nitrogens with one attached hydrogen (secondary N) is 1. The normalized spacial score (nSPS) is 10.6. The number of anilines is 1. The Hall–Kier alpha value is -0.780. The summed E-state index contributed by atoms with van der Waals surface area (Å²) in [7, 11) is 0. The minimum absolute atomic E-state index is 0.705. The summed E-state index contributed by atoms with van der Waals surface area (Å²) in [6.07, 6.45) is 3.56. The molecule has 0 radical (unpaired) electrons. The second kappa shape index (κ2) is 2.37. The molecule has 0 aromatic carbocycles. The van der Waals surface area contributed by atoms with Gasteiger partial charge in [0.25, 0.3) is 0 Å². The zero-order valence-electron chi connectivity index (χ0n) is 5.63. The van der Waals surface area contributed by atoms with Gasteiger partial charge in [-0.3, -0.25) is 4.98 Å². The van der Waals surface area contributed by atoms with Crippen LogP contribution in [0.2, 0.25) is 0 Å². The fourth-order valence-electron chi connectivity index (χ4n) is 1.00. The lowest BCUT2D eigenvalue weighted by Gasteiger charge is -1.90. The molecule has 0 unspecified atom stereocenters. The van der Waals surface area contributed by atoms with Crippen LogP contribution >= 0.6 is 22.6 Å². The van der Waals surface area contributed by atoms with E-state index < -0.39 is 0 Å². The van der Waals surface area contributed by atoms with Gasteiger partial charge in [-0.05, 0) is 28.7 Å². The van der Waals surface area contributed by atoms with Crippen LogP contribution in [-0.4, -0.2) is 9.97 Å². The van der Waals surface area contributed by atoms with Crippen LogP contribution in [0.5, 0.6) is 0 Å². The lowest BCUT2D eigenvalue weighted by Crippen LogP contribution is -1.83. The minimum Gasteiger partial charge on any atom is -0.396 e. The molecule has 3 N–H and O–H groups in total. The Kier molecular flexibility index (Phi) is 1.49. The summed E-state index contributed by atoms with van der Waals surface area (Å²) in [4.78, 5) is 7.21. The molecule has 0 spiro atoms. The number of halogens is 1. The van der Waals surface area contributed by atoms with Crippen molar-refractivity contribution in [3.05, 3.63) is 22.0 Å². The molecule has 3 nitrogen and oxygen atoms in total. The van der Waals surface area contributed by atoms with E-state index in [-0.39, 0.29) is 0 Å². The number of nitrogens with zero attached hydrogens (tertiary/aromatic N) is 1. The maximum atomic E-state index is 5.63. The summed E-state index contributed by atoms with van der Waals surface area (Å²) in [6.45, 7) is 0. The van der Waals surface area contributed by atoms with E-state index in [1.807, 2.05) is 6.07 Å². The number of nitrogens with two attached hydrogens (primary N) is 1. The molecule has 0 atom stereocenters. The van der Waals surface area contributed by atoms with Crippen LogP contribution in [0.15, 0.2) is 18.5 Å². The van der Waals surface area contributed by atoms with Gasteiger partial charge in [-0.1, -0.05) is 0 Å². The van der Waals surface area contributed by atoms with Gasteiger partial charge in [-0.25, -0.2) is 0 Å². The van der Waals surface area contributed by atoms with Crippen LogP contribution in [0.3, 0.4) is 0 Å². The lowest BCUT2D eigenvalue weighted by atomic mass is 10.4. The summed E-state index contributed by atoms with van der Waals surface area (Å²) >= 11 is 2.21. The highest BCUT2D eigenvalue weighted by Crippen LogP contribution is 2.18. The number of hydrogen-bond donors (Lipinski definition) is 2. The smallest absolute Gasteiger partial charge is 0.111 e. The van der Waals surface area contributed by atoms with E-state index in [1.165, 1.54) is 0 Å². The molecule has 0 fully saturated rings. The van der Waals surface area contributed by atoms with Gasteiger partial charge < -0.3 is 10.7 Å². The number of pyridine rings is 1. The van der Waals surface area contributed by atoms with Crippen LogP contribution in [0.25, 0.3) is 11.0 Å². The number of fused-ring (bicyclic) bond motifs is 1.